The smallest absolute Gasteiger partial charge is 0.276 e. The van der Waals surface area contributed by atoms with Crippen LogP contribution in [0.3, 0.4) is 0 Å². The molecule has 0 saturated carbocycles. The van der Waals surface area contributed by atoms with E-state index in [1.807, 2.05) is 13.0 Å². The SMILES string of the molecule is CCCn1nc(C(=O)Nc2ccc(F)cc2)cc1-c1ccco1. The Morgan fingerprint density at radius 2 is 2.09 bits per heavy atom. The number of nitrogens with zero attached hydrogens (tertiary/aromatic N) is 2. The summed E-state index contributed by atoms with van der Waals surface area (Å²) in [5.41, 5.74) is 1.55. The first-order valence-electron chi connectivity index (χ1n) is 7.36. The molecule has 1 amide bonds. The molecule has 0 aliphatic carbocycles. The molecule has 0 saturated heterocycles. The van der Waals surface area contributed by atoms with Gasteiger partial charge in [0.2, 0.25) is 0 Å². The van der Waals surface area contributed by atoms with E-state index in [0.29, 0.717) is 18.0 Å². The maximum Gasteiger partial charge on any atom is 0.276 e. The van der Waals surface area contributed by atoms with Gasteiger partial charge in [0.25, 0.3) is 5.91 Å². The van der Waals surface area contributed by atoms with Crippen molar-refractivity contribution in [1.82, 2.24) is 9.78 Å². The summed E-state index contributed by atoms with van der Waals surface area (Å²) in [4.78, 5) is 12.3. The number of benzene rings is 1. The highest BCUT2D eigenvalue weighted by Crippen LogP contribution is 2.22. The van der Waals surface area contributed by atoms with Crippen LogP contribution in [0.1, 0.15) is 23.8 Å². The Morgan fingerprint density at radius 3 is 2.74 bits per heavy atom. The number of carbonyl (C=O) groups is 1. The summed E-state index contributed by atoms with van der Waals surface area (Å²) >= 11 is 0. The molecule has 0 aliphatic rings. The fourth-order valence-electron chi connectivity index (χ4n) is 2.26. The van der Waals surface area contributed by atoms with Gasteiger partial charge in [-0.3, -0.25) is 9.48 Å². The third-order valence-electron chi connectivity index (χ3n) is 3.32. The van der Waals surface area contributed by atoms with Crippen molar-refractivity contribution >= 4 is 11.6 Å². The molecule has 1 aromatic carbocycles. The van der Waals surface area contributed by atoms with E-state index in [-0.39, 0.29) is 17.4 Å². The Balaban J connectivity index is 1.86. The van der Waals surface area contributed by atoms with E-state index in [0.717, 1.165) is 12.1 Å². The van der Waals surface area contributed by atoms with Gasteiger partial charge in [0.1, 0.15) is 11.5 Å². The van der Waals surface area contributed by atoms with Gasteiger partial charge in [0.15, 0.2) is 11.5 Å². The highest BCUT2D eigenvalue weighted by atomic mass is 19.1. The second-order valence-electron chi connectivity index (χ2n) is 5.08. The molecule has 118 valence electrons. The van der Waals surface area contributed by atoms with Gasteiger partial charge in [-0.15, -0.1) is 0 Å². The molecule has 0 radical (unpaired) electrons. The third-order valence-corrected chi connectivity index (χ3v) is 3.32. The molecule has 0 aliphatic heterocycles. The van der Waals surface area contributed by atoms with Gasteiger partial charge in [0.05, 0.1) is 6.26 Å². The second-order valence-corrected chi connectivity index (χ2v) is 5.08. The first-order chi connectivity index (χ1) is 11.2. The van der Waals surface area contributed by atoms with Crippen LogP contribution >= 0.6 is 0 Å². The molecule has 0 spiro atoms. The van der Waals surface area contributed by atoms with Crippen LogP contribution in [0.2, 0.25) is 0 Å². The van der Waals surface area contributed by atoms with E-state index in [4.69, 9.17) is 4.42 Å². The van der Waals surface area contributed by atoms with Crippen molar-refractivity contribution in [3.63, 3.8) is 0 Å². The normalized spacial score (nSPS) is 10.7. The Bertz CT molecular complexity index is 792. The molecule has 3 rings (SSSR count). The molecule has 0 bridgehead atoms. The lowest BCUT2D eigenvalue weighted by atomic mass is 10.2. The monoisotopic (exact) mass is 313 g/mol. The minimum Gasteiger partial charge on any atom is -0.463 e. The van der Waals surface area contributed by atoms with Crippen LogP contribution in [0.25, 0.3) is 11.5 Å². The number of rotatable bonds is 5. The molecule has 6 heteroatoms. The molecule has 2 aromatic heterocycles. The fraction of sp³-hybridized carbons (Fsp3) is 0.176. The van der Waals surface area contributed by atoms with E-state index in [9.17, 15) is 9.18 Å². The molecule has 23 heavy (non-hydrogen) atoms. The lowest BCUT2D eigenvalue weighted by Crippen LogP contribution is -2.13. The average Bonchev–Trinajstić information content (AvgIpc) is 3.19. The van der Waals surface area contributed by atoms with E-state index >= 15 is 0 Å². The Kier molecular flexibility index (Phi) is 4.23. The Labute approximate surface area is 132 Å². The largest absolute Gasteiger partial charge is 0.463 e. The number of hydrogen-bond acceptors (Lipinski definition) is 3. The number of nitrogens with one attached hydrogen (secondary N) is 1. The molecule has 1 N–H and O–H groups in total. The van der Waals surface area contributed by atoms with Gasteiger partial charge < -0.3 is 9.73 Å². The summed E-state index contributed by atoms with van der Waals surface area (Å²) in [5, 5.41) is 7.04. The quantitative estimate of drug-likeness (QED) is 0.776. The second kappa shape index (κ2) is 6.48. The number of furan rings is 1. The van der Waals surface area contributed by atoms with Crippen molar-refractivity contribution < 1.29 is 13.6 Å². The first kappa shape index (κ1) is 15.0. The average molecular weight is 313 g/mol. The molecule has 3 aromatic rings. The zero-order valence-corrected chi connectivity index (χ0v) is 12.6. The van der Waals surface area contributed by atoms with Crippen LogP contribution in [0.4, 0.5) is 10.1 Å². The van der Waals surface area contributed by atoms with E-state index in [2.05, 4.69) is 10.4 Å². The van der Waals surface area contributed by atoms with E-state index in [1.165, 1.54) is 24.3 Å². The van der Waals surface area contributed by atoms with Gasteiger partial charge in [-0.2, -0.15) is 5.10 Å². The first-order valence-corrected chi connectivity index (χ1v) is 7.36. The van der Waals surface area contributed by atoms with Crippen LogP contribution in [-0.4, -0.2) is 15.7 Å². The standard InChI is InChI=1S/C17H16FN3O2/c1-2-9-21-15(16-4-3-10-23-16)11-14(20-21)17(22)19-13-7-5-12(18)6-8-13/h3-8,10-11H,2,9H2,1H3,(H,19,22). The van der Waals surface area contributed by atoms with Crippen LogP contribution in [0, 0.1) is 5.82 Å². The zero-order chi connectivity index (χ0) is 16.2. The predicted octanol–water partition coefficient (Wildman–Crippen LogP) is 3.94. The number of hydrogen-bond donors (Lipinski definition) is 1. The van der Waals surface area contributed by atoms with Gasteiger partial charge in [-0.1, -0.05) is 6.92 Å². The maximum absolute atomic E-state index is 12.9. The van der Waals surface area contributed by atoms with Gasteiger partial charge in [-0.25, -0.2) is 4.39 Å². The highest BCUT2D eigenvalue weighted by molar-refractivity contribution is 6.03. The number of carbonyl (C=O) groups excluding carboxylic acids is 1. The summed E-state index contributed by atoms with van der Waals surface area (Å²) in [6, 6.07) is 10.9. The molecule has 0 atom stereocenters. The summed E-state index contributed by atoms with van der Waals surface area (Å²) in [6.07, 6.45) is 2.46. The minimum absolute atomic E-state index is 0.286. The summed E-state index contributed by atoms with van der Waals surface area (Å²) in [6.45, 7) is 2.71. The topological polar surface area (TPSA) is 60.1 Å². The van der Waals surface area contributed by atoms with Crippen molar-refractivity contribution in [2.75, 3.05) is 5.32 Å². The number of anilines is 1. The lowest BCUT2D eigenvalue weighted by molar-refractivity contribution is 0.102. The van der Waals surface area contributed by atoms with Gasteiger partial charge >= 0.3 is 0 Å². The van der Waals surface area contributed by atoms with Crippen molar-refractivity contribution in [2.45, 2.75) is 19.9 Å². The molecule has 5 nitrogen and oxygen atoms in total. The maximum atomic E-state index is 12.9. The minimum atomic E-state index is -0.352. The van der Waals surface area contributed by atoms with Crippen molar-refractivity contribution in [1.29, 1.82) is 0 Å². The van der Waals surface area contributed by atoms with Crippen molar-refractivity contribution in [3.8, 4) is 11.5 Å². The van der Waals surface area contributed by atoms with Crippen LogP contribution < -0.4 is 5.32 Å². The van der Waals surface area contributed by atoms with Gasteiger partial charge in [0, 0.05) is 18.3 Å². The fourth-order valence-corrected chi connectivity index (χ4v) is 2.26. The summed E-state index contributed by atoms with van der Waals surface area (Å²) in [5.74, 6) is -0.0404. The molecular formula is C17H16FN3O2. The number of aryl methyl sites for hydroxylation is 1. The number of halogens is 1. The van der Waals surface area contributed by atoms with E-state index in [1.54, 1.807) is 23.1 Å². The molecule has 0 fully saturated rings. The highest BCUT2D eigenvalue weighted by Gasteiger charge is 2.17. The third kappa shape index (κ3) is 3.31. The van der Waals surface area contributed by atoms with Crippen LogP contribution in [0.15, 0.2) is 53.1 Å². The number of amides is 1. The van der Waals surface area contributed by atoms with Crippen molar-refractivity contribution in [3.05, 3.63) is 60.2 Å². The Hall–Kier alpha value is -2.89. The molecular weight excluding hydrogens is 297 g/mol. The van der Waals surface area contributed by atoms with Gasteiger partial charge in [-0.05, 0) is 42.8 Å². The van der Waals surface area contributed by atoms with Crippen molar-refractivity contribution in [2.24, 2.45) is 0 Å². The lowest BCUT2D eigenvalue weighted by Gasteiger charge is -2.03. The summed E-state index contributed by atoms with van der Waals surface area (Å²) in [7, 11) is 0. The Morgan fingerprint density at radius 1 is 1.30 bits per heavy atom. The number of aromatic nitrogens is 2. The van der Waals surface area contributed by atoms with Crippen LogP contribution in [0.5, 0.6) is 0 Å². The zero-order valence-electron chi connectivity index (χ0n) is 12.6. The predicted molar refractivity (Wildman–Crippen MR) is 84.6 cm³/mol. The van der Waals surface area contributed by atoms with E-state index < -0.39 is 0 Å². The molecule has 2 heterocycles. The summed E-state index contributed by atoms with van der Waals surface area (Å²) < 4.78 is 20.1. The molecule has 0 unspecified atom stereocenters. The van der Waals surface area contributed by atoms with Crippen LogP contribution in [-0.2, 0) is 6.54 Å².